The van der Waals surface area contributed by atoms with Crippen LogP contribution in [0.3, 0.4) is 0 Å². The summed E-state index contributed by atoms with van der Waals surface area (Å²) < 4.78 is 25.9. The van der Waals surface area contributed by atoms with Crippen molar-refractivity contribution in [3.05, 3.63) is 88.0 Å². The molecule has 38 heavy (non-hydrogen) atoms. The van der Waals surface area contributed by atoms with E-state index < -0.39 is 11.4 Å². The monoisotopic (exact) mass is 535 g/mol. The number of carbonyl (C=O) groups is 2. The van der Waals surface area contributed by atoms with E-state index in [9.17, 15) is 18.8 Å². The fourth-order valence-electron chi connectivity index (χ4n) is 3.81. The van der Waals surface area contributed by atoms with Crippen molar-refractivity contribution in [3.63, 3.8) is 0 Å². The molecule has 0 aliphatic carbocycles. The smallest absolute Gasteiger partial charge is 0.266 e. The first kappa shape index (κ1) is 26.9. The van der Waals surface area contributed by atoms with Crippen LogP contribution in [0, 0.1) is 5.82 Å². The van der Waals surface area contributed by atoms with Crippen LogP contribution in [-0.2, 0) is 0 Å². The molecule has 8 nitrogen and oxygen atoms in total. The van der Waals surface area contributed by atoms with E-state index in [-0.39, 0.29) is 39.7 Å². The minimum absolute atomic E-state index is 0.0593. The van der Waals surface area contributed by atoms with Crippen LogP contribution in [0.1, 0.15) is 34.6 Å². The second-order valence-electron chi connectivity index (χ2n) is 8.66. The lowest BCUT2D eigenvalue weighted by Crippen LogP contribution is -2.30. The van der Waals surface area contributed by atoms with Crippen molar-refractivity contribution in [3.8, 4) is 17.2 Å². The molecule has 0 aliphatic rings. The summed E-state index contributed by atoms with van der Waals surface area (Å²) in [6, 6.07) is 14.9. The highest BCUT2D eigenvalue weighted by molar-refractivity contribution is 7.99. The summed E-state index contributed by atoms with van der Waals surface area (Å²) in [7, 11) is 2.98. The number of carbonyl (C=O) groups excluding carboxylic acids is 2. The SMILES string of the molecule is COc1ccc(C(=O)CSc2nc3cc(C(=O)NC(C)C)ccc3c(=O)n2-c2cccc(F)c2)cc1OC. The summed E-state index contributed by atoms with van der Waals surface area (Å²) in [6.07, 6.45) is 0. The number of methoxy groups -OCH3 is 2. The van der Waals surface area contributed by atoms with Crippen molar-refractivity contribution in [2.24, 2.45) is 0 Å². The molecule has 10 heteroatoms. The third-order valence-electron chi connectivity index (χ3n) is 5.62. The van der Waals surface area contributed by atoms with Gasteiger partial charge >= 0.3 is 0 Å². The zero-order valence-corrected chi connectivity index (χ0v) is 22.1. The van der Waals surface area contributed by atoms with Gasteiger partial charge in [0.25, 0.3) is 11.5 Å². The van der Waals surface area contributed by atoms with Gasteiger partial charge in [0, 0.05) is 17.2 Å². The Morgan fingerprint density at radius 1 is 1.00 bits per heavy atom. The fourth-order valence-corrected chi connectivity index (χ4v) is 4.72. The van der Waals surface area contributed by atoms with Crippen LogP contribution in [0.25, 0.3) is 16.6 Å². The second-order valence-corrected chi connectivity index (χ2v) is 9.60. The number of thioether (sulfide) groups is 1. The number of hydrogen-bond acceptors (Lipinski definition) is 7. The maximum absolute atomic E-state index is 14.1. The molecule has 4 aromatic rings. The highest BCUT2D eigenvalue weighted by atomic mass is 32.2. The van der Waals surface area contributed by atoms with E-state index in [0.717, 1.165) is 11.8 Å². The summed E-state index contributed by atoms with van der Waals surface area (Å²) in [5, 5.41) is 3.25. The van der Waals surface area contributed by atoms with Crippen LogP contribution in [0.5, 0.6) is 11.5 Å². The van der Waals surface area contributed by atoms with Crippen molar-refractivity contribution < 1.29 is 23.5 Å². The molecule has 0 bridgehead atoms. The topological polar surface area (TPSA) is 99.5 Å². The number of amides is 1. The minimum Gasteiger partial charge on any atom is -0.493 e. The summed E-state index contributed by atoms with van der Waals surface area (Å²) in [6.45, 7) is 3.69. The highest BCUT2D eigenvalue weighted by Crippen LogP contribution is 2.29. The number of hydrogen-bond donors (Lipinski definition) is 1. The largest absolute Gasteiger partial charge is 0.493 e. The van der Waals surface area contributed by atoms with Gasteiger partial charge in [-0.2, -0.15) is 0 Å². The molecule has 0 fully saturated rings. The number of nitrogens with one attached hydrogen (secondary N) is 1. The standard InChI is InChI=1S/C28H26FN3O5S/c1-16(2)30-26(34)18-8-10-21-22(12-18)31-28(32(27(21)35)20-7-5-6-19(29)14-20)38-15-23(33)17-9-11-24(36-3)25(13-17)37-4/h5-14,16H,15H2,1-4H3,(H,30,34). The zero-order valence-electron chi connectivity index (χ0n) is 21.3. The molecule has 196 valence electrons. The van der Waals surface area contributed by atoms with E-state index in [0.29, 0.717) is 28.1 Å². The van der Waals surface area contributed by atoms with Gasteiger partial charge in [-0.15, -0.1) is 0 Å². The Labute approximate surface area is 222 Å². The van der Waals surface area contributed by atoms with Crippen LogP contribution in [0.2, 0.25) is 0 Å². The Morgan fingerprint density at radius 2 is 1.74 bits per heavy atom. The van der Waals surface area contributed by atoms with Crippen LogP contribution in [0.4, 0.5) is 4.39 Å². The van der Waals surface area contributed by atoms with E-state index >= 15 is 0 Å². The normalized spacial score (nSPS) is 11.0. The first-order valence-electron chi connectivity index (χ1n) is 11.7. The quantitative estimate of drug-likeness (QED) is 0.189. The molecule has 0 saturated carbocycles. The first-order valence-corrected chi connectivity index (χ1v) is 12.7. The van der Waals surface area contributed by atoms with Gasteiger partial charge in [-0.25, -0.2) is 9.37 Å². The molecule has 0 atom stereocenters. The van der Waals surface area contributed by atoms with Crippen LogP contribution >= 0.6 is 11.8 Å². The predicted molar refractivity (Wildman–Crippen MR) is 145 cm³/mol. The van der Waals surface area contributed by atoms with Crippen molar-refractivity contribution >= 4 is 34.4 Å². The molecule has 1 aromatic heterocycles. The Balaban J connectivity index is 1.76. The molecule has 1 N–H and O–H groups in total. The number of fused-ring (bicyclic) bond motifs is 1. The Morgan fingerprint density at radius 3 is 2.42 bits per heavy atom. The van der Waals surface area contributed by atoms with E-state index in [1.54, 1.807) is 30.3 Å². The number of nitrogens with zero attached hydrogens (tertiary/aromatic N) is 2. The van der Waals surface area contributed by atoms with Gasteiger partial charge < -0.3 is 14.8 Å². The van der Waals surface area contributed by atoms with Gasteiger partial charge in [0.1, 0.15) is 5.82 Å². The minimum atomic E-state index is -0.521. The predicted octanol–water partition coefficient (Wildman–Crippen LogP) is 4.66. The number of Topliss-reactive ketones (excluding diaryl/α,β-unsaturated/α-hetero) is 1. The van der Waals surface area contributed by atoms with Gasteiger partial charge in [-0.3, -0.25) is 19.0 Å². The molecule has 0 saturated heterocycles. The molecule has 0 unspecified atom stereocenters. The maximum atomic E-state index is 14.1. The first-order chi connectivity index (χ1) is 18.2. The van der Waals surface area contributed by atoms with E-state index in [2.05, 4.69) is 10.3 Å². The number of ketones is 1. The molecule has 1 amide bonds. The van der Waals surface area contributed by atoms with Crippen molar-refractivity contribution in [2.75, 3.05) is 20.0 Å². The van der Waals surface area contributed by atoms with Crippen LogP contribution < -0.4 is 20.3 Å². The van der Waals surface area contributed by atoms with E-state index in [4.69, 9.17) is 9.47 Å². The summed E-state index contributed by atoms with van der Waals surface area (Å²) >= 11 is 1.04. The average molecular weight is 536 g/mol. The molecular weight excluding hydrogens is 509 g/mol. The highest BCUT2D eigenvalue weighted by Gasteiger charge is 2.18. The number of rotatable bonds is 9. The van der Waals surface area contributed by atoms with Gasteiger partial charge in [0.15, 0.2) is 22.4 Å². The van der Waals surface area contributed by atoms with Crippen molar-refractivity contribution in [1.29, 1.82) is 0 Å². The second kappa shape index (κ2) is 11.5. The molecule has 1 heterocycles. The average Bonchev–Trinajstić information content (AvgIpc) is 2.90. The molecule has 3 aromatic carbocycles. The van der Waals surface area contributed by atoms with Gasteiger partial charge in [0.2, 0.25) is 0 Å². The van der Waals surface area contributed by atoms with Gasteiger partial charge in [0.05, 0.1) is 36.6 Å². The fraction of sp³-hybridized carbons (Fsp3) is 0.214. The number of aromatic nitrogens is 2. The van der Waals surface area contributed by atoms with E-state index in [1.807, 2.05) is 13.8 Å². The Kier molecular flexibility index (Phi) is 8.11. The van der Waals surface area contributed by atoms with Gasteiger partial charge in [-0.1, -0.05) is 17.8 Å². The molecule has 0 spiro atoms. The van der Waals surface area contributed by atoms with Crippen LogP contribution in [0.15, 0.2) is 70.6 Å². The Bertz CT molecular complexity index is 1590. The molecule has 0 aliphatic heterocycles. The summed E-state index contributed by atoms with van der Waals surface area (Å²) in [4.78, 5) is 43.7. The lowest BCUT2D eigenvalue weighted by molar-refractivity contribution is 0.0942. The number of ether oxygens (including phenoxy) is 2. The van der Waals surface area contributed by atoms with Crippen molar-refractivity contribution in [2.45, 2.75) is 25.0 Å². The molecular formula is C28H26FN3O5S. The van der Waals surface area contributed by atoms with Gasteiger partial charge in [-0.05, 0) is 68.4 Å². The number of halogens is 1. The Hall–Kier alpha value is -4.18. The van der Waals surface area contributed by atoms with Crippen LogP contribution in [-0.4, -0.2) is 47.3 Å². The zero-order chi connectivity index (χ0) is 27.4. The lowest BCUT2D eigenvalue weighted by Gasteiger charge is -2.14. The third kappa shape index (κ3) is 5.70. The summed E-state index contributed by atoms with van der Waals surface area (Å²) in [5.74, 6) is -0.207. The van der Waals surface area contributed by atoms with Crippen molar-refractivity contribution in [1.82, 2.24) is 14.9 Å². The summed E-state index contributed by atoms with van der Waals surface area (Å²) in [5.41, 5.74) is 0.854. The molecule has 0 radical (unpaired) electrons. The molecule has 4 rings (SSSR count). The maximum Gasteiger partial charge on any atom is 0.266 e. The lowest BCUT2D eigenvalue weighted by atomic mass is 10.1. The number of benzene rings is 3. The third-order valence-corrected chi connectivity index (χ3v) is 6.56. The van der Waals surface area contributed by atoms with E-state index in [1.165, 1.54) is 49.1 Å².